The molecule has 0 bridgehead atoms. The highest BCUT2D eigenvalue weighted by Crippen LogP contribution is 2.29. The molecule has 1 unspecified atom stereocenters. The molecule has 1 N–H and O–H groups in total. The van der Waals surface area contributed by atoms with Gasteiger partial charge in [0.15, 0.2) is 0 Å². The maximum atomic E-state index is 5.67. The Balaban J connectivity index is 2.41. The lowest BCUT2D eigenvalue weighted by molar-refractivity contribution is 0.109. The van der Waals surface area contributed by atoms with E-state index in [9.17, 15) is 0 Å². The lowest BCUT2D eigenvalue weighted by atomic mass is 9.86. The van der Waals surface area contributed by atoms with Gasteiger partial charge in [0.25, 0.3) is 0 Å². The molecule has 1 atom stereocenters. The van der Waals surface area contributed by atoms with Crippen molar-refractivity contribution in [3.05, 3.63) is 0 Å². The van der Waals surface area contributed by atoms with Crippen molar-refractivity contribution in [2.45, 2.75) is 26.7 Å². The Hall–Kier alpha value is -0.160. The van der Waals surface area contributed by atoms with Crippen molar-refractivity contribution in [3.63, 3.8) is 0 Å². The zero-order valence-corrected chi connectivity index (χ0v) is 13.4. The van der Waals surface area contributed by atoms with Crippen LogP contribution in [-0.4, -0.2) is 76.4 Å². The van der Waals surface area contributed by atoms with E-state index in [0.717, 1.165) is 32.8 Å². The van der Waals surface area contributed by atoms with Crippen molar-refractivity contribution in [2.24, 2.45) is 5.41 Å². The maximum Gasteiger partial charge on any atom is 0.0547 e. The van der Waals surface area contributed by atoms with Gasteiger partial charge in [-0.1, -0.05) is 13.8 Å². The molecule has 114 valence electrons. The summed E-state index contributed by atoms with van der Waals surface area (Å²) in [5.41, 5.74) is 0.337. The van der Waals surface area contributed by atoms with E-state index in [1.165, 1.54) is 32.5 Å². The monoisotopic (exact) mass is 271 g/mol. The van der Waals surface area contributed by atoms with E-state index in [4.69, 9.17) is 4.74 Å². The SMILES string of the molecule is CCNCC1(CN(CC)CCCN(C)C)CCOC1. The first-order chi connectivity index (χ1) is 9.12. The van der Waals surface area contributed by atoms with Crippen LogP contribution in [0.3, 0.4) is 0 Å². The Bertz CT molecular complexity index is 227. The second-order valence-electron chi connectivity index (χ2n) is 6.11. The van der Waals surface area contributed by atoms with Crippen LogP contribution in [0, 0.1) is 5.41 Å². The van der Waals surface area contributed by atoms with E-state index in [1.54, 1.807) is 0 Å². The molecule has 1 heterocycles. The third-order valence-electron chi connectivity index (χ3n) is 4.02. The standard InChI is InChI=1S/C15H33N3O/c1-5-16-12-15(8-11-19-14-15)13-18(6-2)10-7-9-17(3)4/h16H,5-14H2,1-4H3. The largest absolute Gasteiger partial charge is 0.381 e. The highest BCUT2D eigenvalue weighted by Gasteiger charge is 2.35. The van der Waals surface area contributed by atoms with E-state index in [0.29, 0.717) is 5.41 Å². The Morgan fingerprint density at radius 3 is 2.53 bits per heavy atom. The molecule has 1 fully saturated rings. The molecule has 1 aliphatic heterocycles. The van der Waals surface area contributed by atoms with Gasteiger partial charge in [-0.25, -0.2) is 0 Å². The summed E-state index contributed by atoms with van der Waals surface area (Å²) in [6, 6.07) is 0. The molecule has 0 amide bonds. The number of rotatable bonds is 10. The maximum absolute atomic E-state index is 5.67. The molecule has 1 aliphatic rings. The number of nitrogens with zero attached hydrogens (tertiary/aromatic N) is 2. The lowest BCUT2D eigenvalue weighted by Crippen LogP contribution is -2.45. The predicted octanol–water partition coefficient (Wildman–Crippen LogP) is 1.28. The molecule has 1 rings (SSSR count). The normalized spacial score (nSPS) is 23.7. The van der Waals surface area contributed by atoms with Gasteiger partial charge in [0, 0.05) is 25.1 Å². The lowest BCUT2D eigenvalue weighted by Gasteiger charge is -2.34. The van der Waals surface area contributed by atoms with E-state index in [2.05, 4.69) is 43.1 Å². The van der Waals surface area contributed by atoms with Crippen LogP contribution in [-0.2, 0) is 4.74 Å². The van der Waals surface area contributed by atoms with Crippen LogP contribution in [0.2, 0.25) is 0 Å². The van der Waals surface area contributed by atoms with E-state index >= 15 is 0 Å². The zero-order valence-electron chi connectivity index (χ0n) is 13.4. The average molecular weight is 271 g/mol. The van der Waals surface area contributed by atoms with E-state index < -0.39 is 0 Å². The summed E-state index contributed by atoms with van der Waals surface area (Å²) in [6.07, 6.45) is 2.45. The van der Waals surface area contributed by atoms with Crippen molar-refractivity contribution in [2.75, 3.05) is 66.6 Å². The summed E-state index contributed by atoms with van der Waals surface area (Å²) in [5.74, 6) is 0. The molecule has 4 nitrogen and oxygen atoms in total. The van der Waals surface area contributed by atoms with E-state index in [-0.39, 0.29) is 0 Å². The molecule has 19 heavy (non-hydrogen) atoms. The van der Waals surface area contributed by atoms with Crippen LogP contribution in [0.1, 0.15) is 26.7 Å². The van der Waals surface area contributed by atoms with Crippen molar-refractivity contribution < 1.29 is 4.74 Å². The molecule has 0 spiro atoms. The highest BCUT2D eigenvalue weighted by atomic mass is 16.5. The zero-order chi connectivity index (χ0) is 14.1. The molecule has 4 heteroatoms. The number of nitrogens with one attached hydrogen (secondary N) is 1. The minimum atomic E-state index is 0.337. The van der Waals surface area contributed by atoms with Crippen molar-refractivity contribution in [1.82, 2.24) is 15.1 Å². The summed E-state index contributed by atoms with van der Waals surface area (Å²) in [4.78, 5) is 4.86. The van der Waals surface area contributed by atoms with Crippen LogP contribution in [0.25, 0.3) is 0 Å². The fourth-order valence-corrected chi connectivity index (χ4v) is 2.79. The molecule has 0 aromatic carbocycles. The van der Waals surface area contributed by atoms with Crippen LogP contribution in [0.4, 0.5) is 0 Å². The Morgan fingerprint density at radius 2 is 2.00 bits per heavy atom. The molecule has 0 saturated carbocycles. The van der Waals surface area contributed by atoms with Crippen LogP contribution >= 0.6 is 0 Å². The number of hydrogen-bond acceptors (Lipinski definition) is 4. The van der Waals surface area contributed by atoms with Crippen LogP contribution < -0.4 is 5.32 Å². The second-order valence-corrected chi connectivity index (χ2v) is 6.11. The molecule has 0 aromatic heterocycles. The number of hydrogen-bond donors (Lipinski definition) is 1. The Kier molecular flexibility index (Phi) is 7.91. The average Bonchev–Trinajstić information content (AvgIpc) is 2.84. The minimum Gasteiger partial charge on any atom is -0.381 e. The first-order valence-corrected chi connectivity index (χ1v) is 7.77. The summed E-state index contributed by atoms with van der Waals surface area (Å²) >= 11 is 0. The predicted molar refractivity (Wildman–Crippen MR) is 81.7 cm³/mol. The van der Waals surface area contributed by atoms with Gasteiger partial charge in [-0.05, 0) is 53.1 Å². The quantitative estimate of drug-likeness (QED) is 0.648. The van der Waals surface area contributed by atoms with Gasteiger partial charge in [-0.15, -0.1) is 0 Å². The molecular formula is C15H33N3O. The van der Waals surface area contributed by atoms with Gasteiger partial charge >= 0.3 is 0 Å². The van der Waals surface area contributed by atoms with Gasteiger partial charge in [-0.2, -0.15) is 0 Å². The fourth-order valence-electron chi connectivity index (χ4n) is 2.79. The van der Waals surface area contributed by atoms with Gasteiger partial charge in [0.2, 0.25) is 0 Å². The molecular weight excluding hydrogens is 238 g/mol. The van der Waals surface area contributed by atoms with Crippen molar-refractivity contribution in [3.8, 4) is 0 Å². The van der Waals surface area contributed by atoms with Crippen molar-refractivity contribution in [1.29, 1.82) is 0 Å². The third-order valence-corrected chi connectivity index (χ3v) is 4.02. The summed E-state index contributed by atoms with van der Waals surface area (Å²) in [6.45, 7) is 13.1. The van der Waals surface area contributed by atoms with Crippen LogP contribution in [0.15, 0.2) is 0 Å². The van der Waals surface area contributed by atoms with Crippen LogP contribution in [0.5, 0.6) is 0 Å². The molecule has 0 aliphatic carbocycles. The summed E-state index contributed by atoms with van der Waals surface area (Å²) in [5, 5.41) is 3.52. The number of ether oxygens (including phenoxy) is 1. The topological polar surface area (TPSA) is 27.7 Å². The van der Waals surface area contributed by atoms with Crippen molar-refractivity contribution >= 4 is 0 Å². The smallest absolute Gasteiger partial charge is 0.0547 e. The van der Waals surface area contributed by atoms with Gasteiger partial charge in [-0.3, -0.25) is 0 Å². The summed E-state index contributed by atoms with van der Waals surface area (Å²) in [7, 11) is 4.29. The molecule has 0 aromatic rings. The minimum absolute atomic E-state index is 0.337. The highest BCUT2D eigenvalue weighted by molar-refractivity contribution is 4.88. The Morgan fingerprint density at radius 1 is 1.21 bits per heavy atom. The van der Waals surface area contributed by atoms with Gasteiger partial charge in [0.05, 0.1) is 6.61 Å². The molecule has 1 saturated heterocycles. The van der Waals surface area contributed by atoms with Gasteiger partial charge < -0.3 is 19.9 Å². The Labute approximate surface area is 119 Å². The first kappa shape index (κ1) is 16.9. The third kappa shape index (κ3) is 6.21. The fraction of sp³-hybridized carbons (Fsp3) is 1.00. The second kappa shape index (κ2) is 8.90. The molecule has 0 radical (unpaired) electrons. The summed E-state index contributed by atoms with van der Waals surface area (Å²) < 4.78 is 5.67. The van der Waals surface area contributed by atoms with Gasteiger partial charge in [0.1, 0.15) is 0 Å². The first-order valence-electron chi connectivity index (χ1n) is 7.77. The van der Waals surface area contributed by atoms with E-state index in [1.807, 2.05) is 0 Å².